The van der Waals surface area contributed by atoms with Crippen molar-refractivity contribution in [1.82, 2.24) is 5.32 Å². The van der Waals surface area contributed by atoms with Crippen LogP contribution < -0.4 is 39.7 Å². The Balaban J connectivity index is 2.01. The van der Waals surface area contributed by atoms with E-state index in [1.807, 2.05) is 0 Å². The van der Waals surface area contributed by atoms with Gasteiger partial charge < -0.3 is 98.4 Å². The average Bonchev–Trinajstić information content (AvgIpc) is 3.13. The second-order valence-electron chi connectivity index (χ2n) is 19.8. The lowest BCUT2D eigenvalue weighted by Gasteiger charge is -2.54. The molecule has 2 aliphatic heterocycles. The van der Waals surface area contributed by atoms with E-state index < -0.39 is 150 Å². The zero-order valence-corrected chi connectivity index (χ0v) is 38.1. The normalized spacial score (nSPS) is 35.5. The molecule has 1 saturated carbocycles. The van der Waals surface area contributed by atoms with E-state index in [1.54, 1.807) is 47.6 Å². The Kier molecular flexibility index (Phi) is 17.1. The number of hydrogen-bond acceptors (Lipinski definition) is 23. The molecule has 0 bridgehead atoms. The number of aliphatic hydroxyl groups excluding tert-OH is 4. The van der Waals surface area contributed by atoms with Crippen molar-refractivity contribution < 1.29 is 77.9 Å². The first-order valence-electron chi connectivity index (χ1n) is 20.8. The van der Waals surface area contributed by atoms with Crippen molar-refractivity contribution >= 4 is 23.7 Å². The summed E-state index contributed by atoms with van der Waals surface area (Å²) in [5.74, 6) is -4.40. The molecule has 0 aromatic heterocycles. The Labute approximate surface area is 367 Å². The van der Waals surface area contributed by atoms with Crippen molar-refractivity contribution in [3.8, 4) is 0 Å². The number of rotatable bonds is 15. The van der Waals surface area contributed by atoms with Crippen LogP contribution in [-0.4, -0.2) is 176 Å². The quantitative estimate of drug-likeness (QED) is 0.0545. The van der Waals surface area contributed by atoms with Crippen LogP contribution in [0.4, 0.5) is 0 Å². The summed E-state index contributed by atoms with van der Waals surface area (Å²) in [5, 5.41) is 60.2. The first kappa shape index (κ1) is 54.4. The van der Waals surface area contributed by atoms with Crippen molar-refractivity contribution in [3.63, 3.8) is 0 Å². The zero-order chi connectivity index (χ0) is 48.6. The number of ether oxygens (including phenoxy) is 7. The van der Waals surface area contributed by atoms with Crippen LogP contribution in [-0.2, 0) is 52.3 Å². The molecular weight excluding hydrogens is 834 g/mol. The van der Waals surface area contributed by atoms with Crippen LogP contribution in [0.3, 0.4) is 0 Å². The number of Topliss-reactive ketones (excluding diaryl/α,β-unsaturated/α-hetero) is 1. The lowest BCUT2D eigenvalue weighted by molar-refractivity contribution is -0.323. The van der Waals surface area contributed by atoms with Crippen LogP contribution in [0, 0.1) is 0 Å². The molecule has 364 valence electrons. The predicted octanol–water partition coefficient (Wildman–Crippen LogP) is -4.38. The third kappa shape index (κ3) is 12.5. The van der Waals surface area contributed by atoms with Gasteiger partial charge in [-0.3, -0.25) is 14.4 Å². The molecule has 0 spiro atoms. The SMILES string of the molecule is CN[C@]1(C(=O)OC(C)(C)C)[C@@H](O)[C@@H](O[C@@H]2[C@@H](O)[C@H](O[C@H]3OC(C(N)CC(O)C(N)C(=O)OC(C)(C)C)=CC[C@H]3N)[C@@H](N)C[C@]2(N)C(=O)C(O)C(N)C(=O)OC(C)(C)C)OC[C@]1(C)O. The molecule has 2 heterocycles. The number of nitrogens with two attached hydrogens (primary N) is 6. The summed E-state index contributed by atoms with van der Waals surface area (Å²) in [5.41, 5.74) is 27.9. The monoisotopic (exact) mass is 908 g/mol. The summed E-state index contributed by atoms with van der Waals surface area (Å²) >= 11 is 0. The molecule has 23 nitrogen and oxygen atoms in total. The minimum atomic E-state index is -2.55. The summed E-state index contributed by atoms with van der Waals surface area (Å²) in [7, 11) is 1.27. The van der Waals surface area contributed by atoms with Gasteiger partial charge in [-0.1, -0.05) is 0 Å². The lowest BCUT2D eigenvalue weighted by atomic mass is 9.69. The average molecular weight is 908 g/mol. The molecule has 3 aliphatic rings. The maximum Gasteiger partial charge on any atom is 0.332 e. The van der Waals surface area contributed by atoms with Gasteiger partial charge in [-0.25, -0.2) is 4.79 Å². The molecule has 1 aliphatic carbocycles. The number of hydrogen-bond donors (Lipinski definition) is 12. The largest absolute Gasteiger partial charge is 0.466 e. The van der Waals surface area contributed by atoms with Crippen LogP contribution in [0.15, 0.2) is 11.8 Å². The van der Waals surface area contributed by atoms with E-state index >= 15 is 0 Å². The fourth-order valence-electron chi connectivity index (χ4n) is 7.57. The molecule has 63 heavy (non-hydrogen) atoms. The van der Waals surface area contributed by atoms with Crippen LogP contribution in [0.5, 0.6) is 0 Å². The van der Waals surface area contributed by atoms with Gasteiger partial charge in [0.05, 0.1) is 24.8 Å². The van der Waals surface area contributed by atoms with Crippen LogP contribution in [0.25, 0.3) is 0 Å². The highest BCUT2D eigenvalue weighted by Crippen LogP contribution is 2.41. The van der Waals surface area contributed by atoms with E-state index in [4.69, 9.17) is 67.6 Å². The molecule has 0 aromatic rings. The molecule has 0 aromatic carbocycles. The van der Waals surface area contributed by atoms with Crippen molar-refractivity contribution in [2.45, 2.75) is 201 Å². The van der Waals surface area contributed by atoms with Gasteiger partial charge in [0, 0.05) is 6.04 Å². The Bertz CT molecular complexity index is 1670. The second-order valence-corrected chi connectivity index (χ2v) is 19.8. The lowest BCUT2D eigenvalue weighted by Crippen LogP contribution is -2.80. The summed E-state index contributed by atoms with van der Waals surface area (Å²) in [6, 6.07) is -6.81. The highest BCUT2D eigenvalue weighted by Gasteiger charge is 2.67. The zero-order valence-electron chi connectivity index (χ0n) is 38.1. The van der Waals surface area contributed by atoms with E-state index in [2.05, 4.69) is 5.32 Å². The Morgan fingerprint density at radius 1 is 0.857 bits per heavy atom. The number of aliphatic hydroxyl groups is 5. The summed E-state index contributed by atoms with van der Waals surface area (Å²) in [4.78, 5) is 53.5. The minimum absolute atomic E-state index is 0.0720. The van der Waals surface area contributed by atoms with Gasteiger partial charge in [-0.15, -0.1) is 0 Å². The first-order chi connectivity index (χ1) is 28.5. The molecule has 23 heteroatoms. The topological polar surface area (TPSA) is 402 Å². The molecule has 18 N–H and O–H groups in total. The van der Waals surface area contributed by atoms with E-state index in [1.165, 1.54) is 34.7 Å². The van der Waals surface area contributed by atoms with Gasteiger partial charge in [-0.2, -0.15) is 0 Å². The van der Waals surface area contributed by atoms with Gasteiger partial charge in [0.15, 0.2) is 17.6 Å². The van der Waals surface area contributed by atoms with Crippen molar-refractivity contribution in [2.75, 3.05) is 13.7 Å². The van der Waals surface area contributed by atoms with Gasteiger partial charge >= 0.3 is 17.9 Å². The number of esters is 3. The molecule has 1 saturated heterocycles. The maximum absolute atomic E-state index is 14.3. The van der Waals surface area contributed by atoms with E-state index in [-0.39, 0.29) is 18.6 Å². The Morgan fingerprint density at radius 2 is 1.38 bits per heavy atom. The number of ketones is 1. The van der Waals surface area contributed by atoms with Crippen LogP contribution in [0.1, 0.15) is 88.5 Å². The van der Waals surface area contributed by atoms with E-state index in [9.17, 15) is 44.7 Å². The highest BCUT2D eigenvalue weighted by atomic mass is 16.7. The summed E-state index contributed by atoms with van der Waals surface area (Å²) < 4.78 is 40.2. The number of carbonyl (C=O) groups is 4. The van der Waals surface area contributed by atoms with Gasteiger partial charge in [-0.05, 0) is 102 Å². The third-order valence-electron chi connectivity index (χ3n) is 10.8. The van der Waals surface area contributed by atoms with Crippen molar-refractivity contribution in [2.24, 2.45) is 34.4 Å². The molecule has 0 amide bonds. The Hall–Kier alpha value is -2.98. The molecule has 16 atom stereocenters. The molecule has 0 radical (unpaired) electrons. The molecule has 2 fully saturated rings. The highest BCUT2D eigenvalue weighted by molar-refractivity contribution is 5.97. The van der Waals surface area contributed by atoms with E-state index in [0.717, 1.165) is 0 Å². The van der Waals surface area contributed by atoms with Crippen molar-refractivity contribution in [1.29, 1.82) is 0 Å². The summed E-state index contributed by atoms with van der Waals surface area (Å²) in [6.07, 6.45) is -14.4. The minimum Gasteiger partial charge on any atom is -0.466 e. The molecular formula is C40H73N7O16. The fourth-order valence-corrected chi connectivity index (χ4v) is 7.57. The Morgan fingerprint density at radius 3 is 1.89 bits per heavy atom. The van der Waals surface area contributed by atoms with E-state index in [0.29, 0.717) is 0 Å². The number of carbonyl (C=O) groups excluding carboxylic acids is 4. The van der Waals surface area contributed by atoms with Crippen LogP contribution >= 0.6 is 0 Å². The van der Waals surface area contributed by atoms with Gasteiger partial charge in [0.2, 0.25) is 6.29 Å². The predicted molar refractivity (Wildman–Crippen MR) is 222 cm³/mol. The van der Waals surface area contributed by atoms with Gasteiger partial charge in [0.1, 0.15) is 76.3 Å². The molecule has 5 unspecified atom stereocenters. The van der Waals surface area contributed by atoms with Crippen LogP contribution in [0.2, 0.25) is 0 Å². The summed E-state index contributed by atoms with van der Waals surface area (Å²) in [6.45, 7) is 14.7. The fraction of sp³-hybridized carbons (Fsp3) is 0.850. The van der Waals surface area contributed by atoms with Gasteiger partial charge in [0.25, 0.3) is 0 Å². The standard InChI is InChI=1S/C40H73N7O16/c1-35(2,3)61-30(53)22(44)20(48)14-18(42)21-13-12-17(41)32(58-21)59-26-19(43)15-39(46,27(51)24(49)23(45)31(54)62-36(4,5)6)29(25(26)50)60-33-28(52)40(47-11,38(10,56)16-57-33)34(55)63-37(7,8)9/h13,17-20,22-26,28-29,32-33,47-50,52,56H,12,14-16,41-46H2,1-11H3/t17-,18?,19+,20?,22?,23?,24?,25+,26-,28+,29-,32-,33-,38+,39+,40+/m1/s1. The smallest absolute Gasteiger partial charge is 0.332 e. The maximum atomic E-state index is 14.3. The number of nitrogens with one attached hydrogen (secondary N) is 1. The first-order valence-corrected chi connectivity index (χ1v) is 20.8. The second kappa shape index (κ2) is 19.9. The number of likely N-dealkylation sites (N-methyl/N-ethyl adjacent to an activating group) is 1. The van der Waals surface area contributed by atoms with Crippen molar-refractivity contribution in [3.05, 3.63) is 11.8 Å². The molecule has 3 rings (SSSR count). The third-order valence-corrected chi connectivity index (χ3v) is 10.8.